The van der Waals surface area contributed by atoms with E-state index in [0.29, 0.717) is 5.92 Å². The largest absolute Gasteiger partial charge is 0.497 e. The molecule has 2 aliphatic rings. The molecule has 0 amide bonds. The first-order valence-electron chi connectivity index (χ1n) is 7.88. The number of hydrogen-bond acceptors (Lipinski definition) is 3. The number of aryl methyl sites for hydroxylation is 1. The molecule has 0 bridgehead atoms. The molecule has 3 nitrogen and oxygen atoms in total. The molecule has 1 aliphatic carbocycles. The van der Waals surface area contributed by atoms with Crippen LogP contribution in [0, 0.1) is 5.92 Å². The number of hydrazone groups is 1. The van der Waals surface area contributed by atoms with E-state index in [1.807, 2.05) is 6.07 Å². The highest BCUT2D eigenvalue weighted by Gasteiger charge is 2.32. The van der Waals surface area contributed by atoms with E-state index in [2.05, 4.69) is 47.5 Å². The van der Waals surface area contributed by atoms with Crippen LogP contribution in [-0.4, -0.2) is 24.4 Å². The predicted molar refractivity (Wildman–Crippen MR) is 88.2 cm³/mol. The van der Waals surface area contributed by atoms with Gasteiger partial charge in [-0.05, 0) is 42.2 Å². The SMILES string of the molecule is COc1ccc2c(c1)CC[C@@H]1CN(Cc3ccccc3)N=C21. The molecule has 1 aliphatic heterocycles. The quantitative estimate of drug-likeness (QED) is 0.865. The Hall–Kier alpha value is -2.29. The molecule has 3 heteroatoms. The lowest BCUT2D eigenvalue weighted by Gasteiger charge is -2.22. The van der Waals surface area contributed by atoms with Crippen LogP contribution in [0.5, 0.6) is 5.75 Å². The van der Waals surface area contributed by atoms with Crippen molar-refractivity contribution in [1.82, 2.24) is 5.01 Å². The van der Waals surface area contributed by atoms with Crippen LogP contribution in [-0.2, 0) is 13.0 Å². The average Bonchev–Trinajstić information content (AvgIpc) is 2.98. The molecule has 0 radical (unpaired) electrons. The van der Waals surface area contributed by atoms with Crippen LogP contribution in [0.2, 0.25) is 0 Å². The smallest absolute Gasteiger partial charge is 0.119 e. The van der Waals surface area contributed by atoms with Crippen molar-refractivity contribution in [3.8, 4) is 5.75 Å². The Morgan fingerprint density at radius 2 is 2.05 bits per heavy atom. The molecule has 0 saturated carbocycles. The zero-order valence-electron chi connectivity index (χ0n) is 12.8. The number of methoxy groups -OCH3 is 1. The molecule has 0 spiro atoms. The normalized spacial score (nSPS) is 19.4. The van der Waals surface area contributed by atoms with Gasteiger partial charge >= 0.3 is 0 Å². The summed E-state index contributed by atoms with van der Waals surface area (Å²) in [5.74, 6) is 1.52. The highest BCUT2D eigenvalue weighted by Crippen LogP contribution is 2.33. The maximum atomic E-state index is 5.34. The summed E-state index contributed by atoms with van der Waals surface area (Å²) in [7, 11) is 1.72. The molecular weight excluding hydrogens is 272 g/mol. The van der Waals surface area contributed by atoms with Gasteiger partial charge in [-0.1, -0.05) is 30.3 Å². The summed E-state index contributed by atoms with van der Waals surface area (Å²) in [6, 6.07) is 17.0. The molecular formula is C19H20N2O. The van der Waals surface area contributed by atoms with Crippen molar-refractivity contribution in [3.63, 3.8) is 0 Å². The summed E-state index contributed by atoms with van der Waals surface area (Å²) in [5.41, 5.74) is 5.27. The van der Waals surface area contributed by atoms with Gasteiger partial charge in [-0.3, -0.25) is 5.01 Å². The lowest BCUT2D eigenvalue weighted by molar-refractivity contribution is 0.283. The van der Waals surface area contributed by atoms with Crippen molar-refractivity contribution in [2.24, 2.45) is 11.0 Å². The molecule has 4 rings (SSSR count). The number of rotatable bonds is 3. The third-order valence-corrected chi connectivity index (χ3v) is 4.63. The van der Waals surface area contributed by atoms with Gasteiger partial charge in [0.05, 0.1) is 19.4 Å². The predicted octanol–water partition coefficient (Wildman–Crippen LogP) is 3.48. The van der Waals surface area contributed by atoms with Crippen LogP contribution < -0.4 is 4.74 Å². The van der Waals surface area contributed by atoms with Gasteiger partial charge in [0.25, 0.3) is 0 Å². The third kappa shape index (κ3) is 2.37. The summed E-state index contributed by atoms with van der Waals surface area (Å²) in [4.78, 5) is 0. The molecule has 1 atom stereocenters. The van der Waals surface area contributed by atoms with E-state index >= 15 is 0 Å². The summed E-state index contributed by atoms with van der Waals surface area (Å²) < 4.78 is 5.34. The number of benzene rings is 2. The van der Waals surface area contributed by atoms with Crippen LogP contribution in [0.1, 0.15) is 23.1 Å². The van der Waals surface area contributed by atoms with E-state index in [-0.39, 0.29) is 0 Å². The minimum absolute atomic E-state index is 0.574. The molecule has 0 fully saturated rings. The van der Waals surface area contributed by atoms with Crippen molar-refractivity contribution in [3.05, 3.63) is 65.2 Å². The van der Waals surface area contributed by atoms with E-state index in [1.54, 1.807) is 7.11 Å². The average molecular weight is 292 g/mol. The summed E-state index contributed by atoms with van der Waals surface area (Å²) in [5, 5.41) is 7.13. The number of hydrogen-bond donors (Lipinski definition) is 0. The van der Waals surface area contributed by atoms with Gasteiger partial charge in [0, 0.05) is 18.0 Å². The van der Waals surface area contributed by atoms with Gasteiger partial charge in [0.2, 0.25) is 0 Å². The second-order valence-electron chi connectivity index (χ2n) is 6.08. The number of fused-ring (bicyclic) bond motifs is 3. The maximum absolute atomic E-state index is 5.34. The first kappa shape index (κ1) is 13.4. The van der Waals surface area contributed by atoms with E-state index in [9.17, 15) is 0 Å². The fourth-order valence-electron chi connectivity index (χ4n) is 3.50. The van der Waals surface area contributed by atoms with Crippen molar-refractivity contribution >= 4 is 5.71 Å². The van der Waals surface area contributed by atoms with Crippen LogP contribution in [0.3, 0.4) is 0 Å². The Labute approximate surface area is 131 Å². The van der Waals surface area contributed by atoms with Gasteiger partial charge < -0.3 is 4.74 Å². The summed E-state index contributed by atoms with van der Waals surface area (Å²) in [6.07, 6.45) is 2.31. The Bertz CT molecular complexity index is 709. The summed E-state index contributed by atoms with van der Waals surface area (Å²) >= 11 is 0. The molecule has 2 aromatic rings. The molecule has 0 unspecified atom stereocenters. The Balaban J connectivity index is 1.60. The summed E-state index contributed by atoms with van der Waals surface area (Å²) in [6.45, 7) is 1.93. The second-order valence-corrected chi connectivity index (χ2v) is 6.08. The zero-order valence-corrected chi connectivity index (χ0v) is 12.8. The fraction of sp³-hybridized carbons (Fsp3) is 0.316. The number of nitrogens with zero attached hydrogens (tertiary/aromatic N) is 2. The Morgan fingerprint density at radius 1 is 1.18 bits per heavy atom. The van der Waals surface area contributed by atoms with Crippen LogP contribution >= 0.6 is 0 Å². The topological polar surface area (TPSA) is 24.8 Å². The highest BCUT2D eigenvalue weighted by molar-refractivity contribution is 6.05. The first-order valence-corrected chi connectivity index (χ1v) is 7.88. The molecule has 0 aromatic heterocycles. The van der Waals surface area contributed by atoms with Gasteiger partial charge in [-0.25, -0.2) is 0 Å². The van der Waals surface area contributed by atoms with Crippen molar-refractivity contribution < 1.29 is 4.74 Å². The van der Waals surface area contributed by atoms with Crippen LogP contribution in [0.4, 0.5) is 0 Å². The first-order chi connectivity index (χ1) is 10.8. The lowest BCUT2D eigenvalue weighted by atomic mass is 9.82. The van der Waals surface area contributed by atoms with Crippen LogP contribution in [0.15, 0.2) is 53.6 Å². The minimum atomic E-state index is 0.574. The van der Waals surface area contributed by atoms with Gasteiger partial charge in [-0.2, -0.15) is 5.10 Å². The zero-order chi connectivity index (χ0) is 14.9. The molecule has 0 N–H and O–H groups in total. The molecule has 2 aromatic carbocycles. The van der Waals surface area contributed by atoms with Crippen molar-refractivity contribution in [2.45, 2.75) is 19.4 Å². The molecule has 22 heavy (non-hydrogen) atoms. The molecule has 112 valence electrons. The second kappa shape index (κ2) is 5.48. The third-order valence-electron chi connectivity index (χ3n) is 4.63. The maximum Gasteiger partial charge on any atom is 0.119 e. The Kier molecular flexibility index (Phi) is 3.34. The van der Waals surface area contributed by atoms with Crippen molar-refractivity contribution in [2.75, 3.05) is 13.7 Å². The van der Waals surface area contributed by atoms with Gasteiger partial charge in [0.15, 0.2) is 0 Å². The standard InChI is InChI=1S/C19H20N2O/c1-22-17-9-10-18-15(11-17)7-8-16-13-21(20-19(16)18)12-14-5-3-2-4-6-14/h2-6,9-11,16H,7-8,12-13H2,1H3/t16-/m1/s1. The minimum Gasteiger partial charge on any atom is -0.497 e. The van der Waals surface area contributed by atoms with E-state index in [4.69, 9.17) is 9.84 Å². The Morgan fingerprint density at radius 3 is 2.86 bits per heavy atom. The highest BCUT2D eigenvalue weighted by atomic mass is 16.5. The van der Waals surface area contributed by atoms with E-state index < -0.39 is 0 Å². The van der Waals surface area contributed by atoms with E-state index in [0.717, 1.165) is 25.3 Å². The van der Waals surface area contributed by atoms with E-state index in [1.165, 1.54) is 28.8 Å². The monoisotopic (exact) mass is 292 g/mol. The van der Waals surface area contributed by atoms with Gasteiger partial charge in [-0.15, -0.1) is 0 Å². The molecule has 1 heterocycles. The molecule has 0 saturated heterocycles. The van der Waals surface area contributed by atoms with Gasteiger partial charge in [0.1, 0.15) is 5.75 Å². The lowest BCUT2D eigenvalue weighted by Crippen LogP contribution is -2.24. The number of ether oxygens (including phenoxy) is 1. The van der Waals surface area contributed by atoms with Crippen LogP contribution in [0.25, 0.3) is 0 Å². The fourth-order valence-corrected chi connectivity index (χ4v) is 3.50. The van der Waals surface area contributed by atoms with Crippen molar-refractivity contribution in [1.29, 1.82) is 0 Å².